The molecule has 4 rings (SSSR count). The number of hydrogen-bond donors (Lipinski definition) is 0. The average molecular weight is 378 g/mol. The van der Waals surface area contributed by atoms with Crippen LogP contribution in [-0.4, -0.2) is 44.5 Å². The minimum atomic E-state index is -4.47. The molecule has 0 bridgehead atoms. The topological polar surface area (TPSA) is 68.4 Å². The Balaban J connectivity index is 1.29. The molecule has 0 unspecified atom stereocenters. The molecule has 7 nitrogen and oxygen atoms in total. The monoisotopic (exact) mass is 378 g/mol. The van der Waals surface area contributed by atoms with Gasteiger partial charge >= 0.3 is 6.18 Å². The van der Waals surface area contributed by atoms with Gasteiger partial charge in [-0.2, -0.15) is 13.2 Å². The number of anilines is 1. The second kappa shape index (κ2) is 7.01. The van der Waals surface area contributed by atoms with Crippen molar-refractivity contribution in [2.45, 2.75) is 19.0 Å². The normalized spacial score (nSPS) is 16.0. The second-order valence-corrected chi connectivity index (χ2v) is 6.42. The van der Waals surface area contributed by atoms with Crippen LogP contribution in [0.4, 0.5) is 19.0 Å². The number of ether oxygens (including phenoxy) is 1. The van der Waals surface area contributed by atoms with Crippen LogP contribution in [0.2, 0.25) is 0 Å². The molecule has 0 aromatic carbocycles. The van der Waals surface area contributed by atoms with Crippen LogP contribution in [0.5, 0.6) is 5.88 Å². The molecule has 142 valence electrons. The van der Waals surface area contributed by atoms with Gasteiger partial charge in [-0.15, -0.1) is 15.3 Å². The molecule has 10 heteroatoms. The molecule has 1 aliphatic rings. The maximum Gasteiger partial charge on any atom is 0.435 e. The first-order valence-electron chi connectivity index (χ1n) is 8.58. The lowest BCUT2D eigenvalue weighted by Crippen LogP contribution is -2.36. The van der Waals surface area contributed by atoms with Crippen LogP contribution < -0.4 is 9.64 Å². The molecular formula is C17H17F3N6O. The molecule has 27 heavy (non-hydrogen) atoms. The number of piperidine rings is 1. The SMILES string of the molecule is FC(F)(F)c1ccc(N2CCC(COc3ccc4nccn4n3)CC2)nn1. The molecule has 1 saturated heterocycles. The van der Waals surface area contributed by atoms with Gasteiger partial charge in [0, 0.05) is 31.5 Å². The third-order valence-electron chi connectivity index (χ3n) is 4.58. The standard InChI is InChI=1S/C17H17F3N6O/c18-17(19,20)13-1-2-15(23-22-13)25-8-5-12(6-9-25)11-27-16-4-3-14-21-7-10-26(14)24-16/h1-4,7,10,12H,5-6,8-9,11H2. The van der Waals surface area contributed by atoms with Crippen molar-refractivity contribution in [2.24, 2.45) is 5.92 Å². The summed E-state index contributed by atoms with van der Waals surface area (Å²) in [5, 5.41) is 11.3. The van der Waals surface area contributed by atoms with E-state index >= 15 is 0 Å². The first kappa shape index (κ1) is 17.5. The Hall–Kier alpha value is -2.91. The maximum atomic E-state index is 12.6. The highest BCUT2D eigenvalue weighted by molar-refractivity contribution is 5.38. The fraction of sp³-hybridized carbons (Fsp3) is 0.412. The molecule has 1 fully saturated rings. The molecule has 0 saturated carbocycles. The summed E-state index contributed by atoms with van der Waals surface area (Å²) >= 11 is 0. The van der Waals surface area contributed by atoms with Crippen molar-refractivity contribution in [1.82, 2.24) is 24.8 Å². The molecule has 3 aromatic rings. The van der Waals surface area contributed by atoms with Crippen LogP contribution >= 0.6 is 0 Å². The van der Waals surface area contributed by atoms with Crippen molar-refractivity contribution in [3.8, 4) is 5.88 Å². The second-order valence-electron chi connectivity index (χ2n) is 6.42. The summed E-state index contributed by atoms with van der Waals surface area (Å²) in [5.74, 6) is 1.36. The molecule has 0 atom stereocenters. The number of nitrogens with zero attached hydrogens (tertiary/aromatic N) is 6. The van der Waals surface area contributed by atoms with Gasteiger partial charge in [-0.05, 0) is 37.0 Å². The fourth-order valence-electron chi connectivity index (χ4n) is 3.05. The van der Waals surface area contributed by atoms with E-state index < -0.39 is 11.9 Å². The minimum Gasteiger partial charge on any atom is -0.476 e. The smallest absolute Gasteiger partial charge is 0.435 e. The van der Waals surface area contributed by atoms with E-state index in [-0.39, 0.29) is 0 Å². The van der Waals surface area contributed by atoms with Gasteiger partial charge in [0.05, 0.1) is 6.61 Å². The zero-order chi connectivity index (χ0) is 18.9. The summed E-state index contributed by atoms with van der Waals surface area (Å²) in [6.45, 7) is 1.93. The van der Waals surface area contributed by atoms with Crippen LogP contribution in [0.3, 0.4) is 0 Å². The number of hydrogen-bond acceptors (Lipinski definition) is 6. The lowest BCUT2D eigenvalue weighted by Gasteiger charge is -2.32. The minimum absolute atomic E-state index is 0.351. The molecule has 0 N–H and O–H groups in total. The van der Waals surface area contributed by atoms with Gasteiger partial charge in [-0.3, -0.25) is 0 Å². The highest BCUT2D eigenvalue weighted by Gasteiger charge is 2.33. The number of alkyl halides is 3. The quantitative estimate of drug-likeness (QED) is 0.696. The molecule has 0 radical (unpaired) electrons. The first-order chi connectivity index (χ1) is 13.0. The van der Waals surface area contributed by atoms with E-state index in [1.807, 2.05) is 11.0 Å². The Kier molecular flexibility index (Phi) is 4.54. The predicted octanol–water partition coefficient (Wildman–Crippen LogP) is 2.83. The number of imidazole rings is 1. The lowest BCUT2D eigenvalue weighted by molar-refractivity contribution is -0.141. The van der Waals surface area contributed by atoms with Gasteiger partial charge in [0.15, 0.2) is 17.2 Å². The van der Waals surface area contributed by atoms with Crippen molar-refractivity contribution < 1.29 is 17.9 Å². The Bertz CT molecular complexity index is 903. The van der Waals surface area contributed by atoms with Crippen molar-refractivity contribution in [1.29, 1.82) is 0 Å². The van der Waals surface area contributed by atoms with Gasteiger partial charge in [-0.1, -0.05) is 0 Å². The third kappa shape index (κ3) is 3.93. The van der Waals surface area contributed by atoms with E-state index in [1.54, 1.807) is 23.0 Å². The average Bonchev–Trinajstić information content (AvgIpc) is 3.14. The van der Waals surface area contributed by atoms with Gasteiger partial charge in [0.25, 0.3) is 0 Å². The molecule has 3 aromatic heterocycles. The summed E-state index contributed by atoms with van der Waals surface area (Å²) in [7, 11) is 0. The van der Waals surface area contributed by atoms with E-state index in [4.69, 9.17) is 4.74 Å². The van der Waals surface area contributed by atoms with E-state index in [0.29, 0.717) is 37.3 Å². The highest BCUT2D eigenvalue weighted by Crippen LogP contribution is 2.28. The molecule has 0 amide bonds. The van der Waals surface area contributed by atoms with Gasteiger partial charge in [0.2, 0.25) is 5.88 Å². The Morgan fingerprint density at radius 2 is 1.89 bits per heavy atom. The predicted molar refractivity (Wildman–Crippen MR) is 90.5 cm³/mol. The molecule has 4 heterocycles. The van der Waals surface area contributed by atoms with E-state index in [1.165, 1.54) is 6.07 Å². The van der Waals surface area contributed by atoms with Crippen molar-refractivity contribution in [3.63, 3.8) is 0 Å². The lowest BCUT2D eigenvalue weighted by atomic mass is 9.98. The molecular weight excluding hydrogens is 361 g/mol. The van der Waals surface area contributed by atoms with Crippen LogP contribution in [-0.2, 0) is 6.18 Å². The zero-order valence-electron chi connectivity index (χ0n) is 14.3. The Morgan fingerprint density at radius 3 is 2.59 bits per heavy atom. The van der Waals surface area contributed by atoms with E-state index in [0.717, 1.165) is 24.6 Å². The molecule has 1 aliphatic heterocycles. The van der Waals surface area contributed by atoms with Crippen molar-refractivity contribution >= 4 is 11.5 Å². The molecule has 0 aliphatic carbocycles. The summed E-state index contributed by atoms with van der Waals surface area (Å²) < 4.78 is 45.1. The van der Waals surface area contributed by atoms with E-state index in [2.05, 4.69) is 20.3 Å². The number of aromatic nitrogens is 5. The van der Waals surface area contributed by atoms with Crippen molar-refractivity contribution in [3.05, 3.63) is 42.4 Å². The fourth-order valence-corrected chi connectivity index (χ4v) is 3.05. The number of rotatable bonds is 4. The van der Waals surface area contributed by atoms with Crippen LogP contribution in [0.1, 0.15) is 18.5 Å². The number of fused-ring (bicyclic) bond motifs is 1. The van der Waals surface area contributed by atoms with Gasteiger partial charge in [0.1, 0.15) is 0 Å². The third-order valence-corrected chi connectivity index (χ3v) is 4.58. The zero-order valence-corrected chi connectivity index (χ0v) is 14.3. The van der Waals surface area contributed by atoms with Crippen LogP contribution in [0.25, 0.3) is 5.65 Å². The maximum absolute atomic E-state index is 12.6. The Morgan fingerprint density at radius 1 is 1.07 bits per heavy atom. The Labute approximate surface area is 152 Å². The summed E-state index contributed by atoms with van der Waals surface area (Å²) in [6, 6.07) is 5.97. The largest absolute Gasteiger partial charge is 0.476 e. The first-order valence-corrected chi connectivity index (χ1v) is 8.58. The van der Waals surface area contributed by atoms with Gasteiger partial charge < -0.3 is 9.64 Å². The summed E-state index contributed by atoms with van der Waals surface area (Å²) in [5.41, 5.74) is -0.217. The highest BCUT2D eigenvalue weighted by atomic mass is 19.4. The molecule has 0 spiro atoms. The summed E-state index contributed by atoms with van der Waals surface area (Å²) in [4.78, 5) is 6.08. The summed E-state index contributed by atoms with van der Waals surface area (Å²) in [6.07, 6.45) is 0.674. The van der Waals surface area contributed by atoms with Gasteiger partial charge in [-0.25, -0.2) is 9.50 Å². The van der Waals surface area contributed by atoms with Crippen LogP contribution in [0.15, 0.2) is 36.7 Å². The van der Waals surface area contributed by atoms with Crippen molar-refractivity contribution in [2.75, 3.05) is 24.6 Å². The number of halogens is 3. The van der Waals surface area contributed by atoms with E-state index in [9.17, 15) is 13.2 Å². The van der Waals surface area contributed by atoms with Crippen LogP contribution in [0, 0.1) is 5.92 Å².